The monoisotopic (exact) mass is 447 g/mol. The summed E-state index contributed by atoms with van der Waals surface area (Å²) in [5.41, 5.74) is 6.31. The van der Waals surface area contributed by atoms with Crippen LogP contribution in [0.5, 0.6) is 0 Å². The highest BCUT2D eigenvalue weighted by atomic mass is 19.1. The number of anilines is 1. The van der Waals surface area contributed by atoms with Gasteiger partial charge in [-0.15, -0.1) is 0 Å². The number of hydrogen-bond acceptors (Lipinski definition) is 3. The lowest BCUT2D eigenvalue weighted by Crippen LogP contribution is -2.45. The Balaban J connectivity index is 1.66. The predicted molar refractivity (Wildman–Crippen MR) is 130 cm³/mol. The van der Waals surface area contributed by atoms with Gasteiger partial charge in [-0.1, -0.05) is 25.1 Å². The first kappa shape index (κ1) is 22.8. The molecule has 3 amide bonds. The summed E-state index contributed by atoms with van der Waals surface area (Å²) in [6.45, 7) is 11.8. The summed E-state index contributed by atoms with van der Waals surface area (Å²) in [6.07, 6.45) is 5.08. The van der Waals surface area contributed by atoms with Gasteiger partial charge in [0, 0.05) is 17.8 Å². The van der Waals surface area contributed by atoms with Crippen LogP contribution in [-0.2, 0) is 11.3 Å². The molecule has 172 valence electrons. The molecule has 0 spiro atoms. The van der Waals surface area contributed by atoms with Gasteiger partial charge in [0.25, 0.3) is 5.91 Å². The largest absolute Gasteiger partial charge is 0.362 e. The van der Waals surface area contributed by atoms with Crippen LogP contribution < -0.4 is 10.2 Å². The van der Waals surface area contributed by atoms with Gasteiger partial charge in [0.2, 0.25) is 0 Å². The smallest absolute Gasteiger partial charge is 0.329 e. The number of halogens is 1. The van der Waals surface area contributed by atoms with Crippen LogP contribution in [0.1, 0.15) is 56.4 Å². The lowest BCUT2D eigenvalue weighted by Gasteiger charge is -2.43. The van der Waals surface area contributed by atoms with Crippen molar-refractivity contribution >= 4 is 29.3 Å². The molecule has 0 unspecified atom stereocenters. The fraction of sp³-hybridized carbons (Fsp3) is 0.333. The molecule has 6 heteroatoms. The van der Waals surface area contributed by atoms with Crippen LogP contribution in [-0.4, -0.2) is 28.9 Å². The molecule has 0 radical (unpaired) electrons. The Morgan fingerprint density at radius 3 is 2.45 bits per heavy atom. The lowest BCUT2D eigenvalue weighted by molar-refractivity contribution is -0.123. The van der Waals surface area contributed by atoms with Crippen molar-refractivity contribution in [2.24, 2.45) is 0 Å². The van der Waals surface area contributed by atoms with Gasteiger partial charge >= 0.3 is 6.03 Å². The van der Waals surface area contributed by atoms with E-state index in [4.69, 9.17) is 0 Å². The molecule has 0 atom stereocenters. The second kappa shape index (κ2) is 8.50. The molecule has 0 bridgehead atoms. The molecule has 0 aliphatic carbocycles. The molecule has 4 rings (SSSR count). The number of aryl methyl sites for hydroxylation is 1. The van der Waals surface area contributed by atoms with E-state index in [-0.39, 0.29) is 29.5 Å². The van der Waals surface area contributed by atoms with E-state index in [1.54, 1.807) is 18.2 Å². The van der Waals surface area contributed by atoms with Gasteiger partial charge in [0.05, 0.1) is 12.1 Å². The molecule has 0 saturated carbocycles. The third kappa shape index (κ3) is 4.30. The summed E-state index contributed by atoms with van der Waals surface area (Å²) >= 11 is 0. The quantitative estimate of drug-likeness (QED) is 0.477. The van der Waals surface area contributed by atoms with Crippen LogP contribution >= 0.6 is 0 Å². The Hall–Kier alpha value is -3.41. The number of carbonyl (C=O) groups excluding carboxylic acids is 2. The van der Waals surface area contributed by atoms with E-state index in [0.29, 0.717) is 5.56 Å². The molecule has 2 heterocycles. The topological polar surface area (TPSA) is 52.7 Å². The van der Waals surface area contributed by atoms with Gasteiger partial charge in [0.15, 0.2) is 0 Å². The molecule has 1 N–H and O–H groups in total. The van der Waals surface area contributed by atoms with E-state index in [2.05, 4.69) is 56.1 Å². The summed E-state index contributed by atoms with van der Waals surface area (Å²) in [7, 11) is 0. The van der Waals surface area contributed by atoms with Gasteiger partial charge in [-0.25, -0.2) is 9.18 Å². The standard InChI is InChI=1S/C27H30FN3O2/c1-6-11-31-24-12-17(2)20(13-22(24)18(3)15-27(31,4)5)14-23-25(32)30(26(33)29-23)16-19-7-9-21(28)10-8-19/h7-10,12-15H,6,11,16H2,1-5H3,(H,29,33)/b23-14+. The van der Waals surface area contributed by atoms with Gasteiger partial charge < -0.3 is 10.2 Å². The average Bonchev–Trinajstić information content (AvgIpc) is 3.00. The van der Waals surface area contributed by atoms with Gasteiger partial charge in [-0.3, -0.25) is 9.69 Å². The second-order valence-electron chi connectivity index (χ2n) is 9.36. The predicted octanol–water partition coefficient (Wildman–Crippen LogP) is 5.64. The molecular formula is C27H30FN3O2. The number of rotatable bonds is 5. The number of carbonyl (C=O) groups is 2. The van der Waals surface area contributed by atoms with E-state index in [9.17, 15) is 14.0 Å². The maximum absolute atomic E-state index is 13.2. The van der Waals surface area contributed by atoms with E-state index in [1.807, 2.05) is 6.92 Å². The number of nitrogens with zero attached hydrogens (tertiary/aromatic N) is 2. The summed E-state index contributed by atoms with van der Waals surface area (Å²) in [5.74, 6) is -0.743. The normalized spacial score (nSPS) is 18.5. The molecule has 1 fully saturated rings. The zero-order chi connectivity index (χ0) is 23.9. The maximum Gasteiger partial charge on any atom is 0.329 e. The molecule has 5 nitrogen and oxygen atoms in total. The third-order valence-corrected chi connectivity index (χ3v) is 6.33. The summed E-state index contributed by atoms with van der Waals surface area (Å²) < 4.78 is 13.2. The van der Waals surface area contributed by atoms with Crippen molar-refractivity contribution in [2.45, 2.75) is 53.1 Å². The molecule has 2 aromatic rings. The first-order valence-electron chi connectivity index (χ1n) is 11.3. The van der Waals surface area contributed by atoms with E-state index < -0.39 is 6.03 Å². The van der Waals surface area contributed by atoms with Crippen molar-refractivity contribution in [1.82, 2.24) is 10.2 Å². The highest BCUT2D eigenvalue weighted by molar-refractivity contribution is 6.14. The number of allylic oxidation sites excluding steroid dienone is 1. The molecule has 0 aromatic heterocycles. The van der Waals surface area contributed by atoms with Gasteiger partial charge in [-0.2, -0.15) is 0 Å². The Morgan fingerprint density at radius 1 is 1.09 bits per heavy atom. The molecule has 2 aliphatic rings. The number of nitrogens with one attached hydrogen (secondary N) is 1. The Kier molecular flexibility index (Phi) is 5.87. The van der Waals surface area contributed by atoms with Crippen molar-refractivity contribution in [1.29, 1.82) is 0 Å². The fourth-order valence-corrected chi connectivity index (χ4v) is 4.68. The highest BCUT2D eigenvalue weighted by Crippen LogP contribution is 2.40. The highest BCUT2D eigenvalue weighted by Gasteiger charge is 2.34. The Labute approximate surface area is 194 Å². The van der Waals surface area contributed by atoms with Crippen LogP contribution in [0.4, 0.5) is 14.9 Å². The maximum atomic E-state index is 13.2. The van der Waals surface area contributed by atoms with Crippen molar-refractivity contribution in [3.05, 3.63) is 76.2 Å². The summed E-state index contributed by atoms with van der Waals surface area (Å²) in [4.78, 5) is 29.0. The molecule has 2 aliphatic heterocycles. The minimum Gasteiger partial charge on any atom is -0.362 e. The van der Waals surface area contributed by atoms with Crippen LogP contribution in [0.15, 0.2) is 48.2 Å². The molecular weight excluding hydrogens is 417 g/mol. The number of fused-ring (bicyclic) bond motifs is 1. The van der Waals surface area contributed by atoms with Crippen molar-refractivity contribution < 1.29 is 14.0 Å². The number of imide groups is 1. The van der Waals surface area contributed by atoms with Crippen LogP contribution in [0, 0.1) is 12.7 Å². The zero-order valence-electron chi connectivity index (χ0n) is 19.8. The number of hydrogen-bond donors (Lipinski definition) is 1. The van der Waals surface area contributed by atoms with Crippen LogP contribution in [0.25, 0.3) is 11.6 Å². The van der Waals surface area contributed by atoms with E-state index in [1.165, 1.54) is 23.4 Å². The van der Waals surface area contributed by atoms with Crippen LogP contribution in [0.2, 0.25) is 0 Å². The first-order valence-corrected chi connectivity index (χ1v) is 11.3. The fourth-order valence-electron chi connectivity index (χ4n) is 4.68. The third-order valence-electron chi connectivity index (χ3n) is 6.33. The minimum absolute atomic E-state index is 0.0736. The zero-order valence-corrected chi connectivity index (χ0v) is 19.8. The van der Waals surface area contributed by atoms with Gasteiger partial charge in [-0.05, 0) is 86.7 Å². The summed E-state index contributed by atoms with van der Waals surface area (Å²) in [6, 6.07) is 9.59. The molecule has 1 saturated heterocycles. The van der Waals surface area contributed by atoms with Crippen molar-refractivity contribution in [3.63, 3.8) is 0 Å². The van der Waals surface area contributed by atoms with E-state index >= 15 is 0 Å². The minimum atomic E-state index is -0.474. The summed E-state index contributed by atoms with van der Waals surface area (Å²) in [5, 5.41) is 2.69. The second-order valence-corrected chi connectivity index (χ2v) is 9.36. The van der Waals surface area contributed by atoms with Gasteiger partial charge in [0.1, 0.15) is 11.5 Å². The van der Waals surface area contributed by atoms with Crippen LogP contribution in [0.3, 0.4) is 0 Å². The number of amides is 3. The molecule has 2 aromatic carbocycles. The molecule has 33 heavy (non-hydrogen) atoms. The number of urea groups is 1. The van der Waals surface area contributed by atoms with E-state index in [0.717, 1.165) is 34.6 Å². The number of benzene rings is 2. The van der Waals surface area contributed by atoms with Crippen molar-refractivity contribution in [2.75, 3.05) is 11.4 Å². The lowest BCUT2D eigenvalue weighted by atomic mass is 9.86. The average molecular weight is 448 g/mol. The Bertz CT molecular complexity index is 1180. The SMILES string of the molecule is CCCN1c2cc(C)c(/C=C3/NC(=O)N(Cc4ccc(F)cc4)C3=O)cc2C(C)=CC1(C)C. The first-order chi connectivity index (χ1) is 15.6. The Morgan fingerprint density at radius 2 is 1.79 bits per heavy atom. The van der Waals surface area contributed by atoms with Crippen molar-refractivity contribution in [3.8, 4) is 0 Å².